The minimum Gasteiger partial charge on any atom is -0.360 e. The molecule has 0 saturated heterocycles. The van der Waals surface area contributed by atoms with E-state index in [1.165, 1.54) is 0 Å². The third kappa shape index (κ3) is 2.58. The molecular weight excluding hydrogens is 270 g/mol. The summed E-state index contributed by atoms with van der Waals surface area (Å²) >= 11 is 1.63. The first-order chi connectivity index (χ1) is 9.74. The predicted octanol–water partition coefficient (Wildman–Crippen LogP) is 2.91. The Morgan fingerprint density at radius 3 is 3.05 bits per heavy atom. The lowest BCUT2D eigenvalue weighted by molar-refractivity contribution is 0.0956. The first-order valence-electron chi connectivity index (χ1n) is 6.49. The molecule has 0 aliphatic rings. The van der Waals surface area contributed by atoms with E-state index in [9.17, 15) is 4.79 Å². The van der Waals surface area contributed by atoms with Gasteiger partial charge in [0.15, 0.2) is 0 Å². The van der Waals surface area contributed by atoms with Crippen molar-refractivity contribution >= 4 is 28.1 Å². The lowest BCUT2D eigenvalue weighted by Crippen LogP contribution is -2.25. The number of benzene rings is 1. The normalized spacial score (nSPS) is 10.8. The quantitative estimate of drug-likeness (QED) is 0.774. The van der Waals surface area contributed by atoms with Gasteiger partial charge in [-0.2, -0.15) is 0 Å². The predicted molar refractivity (Wildman–Crippen MR) is 81.2 cm³/mol. The molecule has 3 aromatic rings. The molecule has 1 aromatic carbocycles. The smallest absolute Gasteiger partial charge is 0.253 e. The Morgan fingerprint density at radius 2 is 2.25 bits per heavy atom. The van der Waals surface area contributed by atoms with Crippen molar-refractivity contribution in [2.75, 3.05) is 6.54 Å². The molecule has 3 rings (SSSR count). The lowest BCUT2D eigenvalue weighted by atomic mass is 10.1. The van der Waals surface area contributed by atoms with Crippen LogP contribution in [0.15, 0.2) is 35.8 Å². The first-order valence-corrected chi connectivity index (χ1v) is 7.37. The van der Waals surface area contributed by atoms with Crippen LogP contribution in [-0.4, -0.2) is 22.4 Å². The van der Waals surface area contributed by atoms with Crippen molar-refractivity contribution in [3.63, 3.8) is 0 Å². The average molecular weight is 285 g/mol. The summed E-state index contributed by atoms with van der Waals surface area (Å²) in [4.78, 5) is 19.7. The van der Waals surface area contributed by atoms with E-state index in [1.54, 1.807) is 17.5 Å². The zero-order chi connectivity index (χ0) is 13.9. The largest absolute Gasteiger partial charge is 0.360 e. The number of nitrogens with zero attached hydrogens (tertiary/aromatic N) is 1. The zero-order valence-corrected chi connectivity index (χ0v) is 12.0. The lowest BCUT2D eigenvalue weighted by Gasteiger charge is -2.02. The summed E-state index contributed by atoms with van der Waals surface area (Å²) in [5, 5.41) is 6.98. The molecule has 0 fully saturated rings. The van der Waals surface area contributed by atoms with Crippen LogP contribution in [-0.2, 0) is 6.42 Å². The van der Waals surface area contributed by atoms with Crippen LogP contribution in [0.5, 0.6) is 0 Å². The molecule has 102 valence electrons. The Kier molecular flexibility index (Phi) is 3.52. The van der Waals surface area contributed by atoms with Crippen molar-refractivity contribution in [1.82, 2.24) is 15.3 Å². The number of fused-ring (bicyclic) bond motifs is 1. The van der Waals surface area contributed by atoms with Crippen LogP contribution in [0, 0.1) is 6.92 Å². The van der Waals surface area contributed by atoms with Crippen LogP contribution in [0.1, 0.15) is 21.1 Å². The highest BCUT2D eigenvalue weighted by Crippen LogP contribution is 2.17. The summed E-state index contributed by atoms with van der Waals surface area (Å²) in [7, 11) is 0. The summed E-state index contributed by atoms with van der Waals surface area (Å²) in [6.45, 7) is 2.58. The Balaban J connectivity index is 1.64. The molecule has 2 aromatic heterocycles. The fourth-order valence-electron chi connectivity index (χ4n) is 2.16. The number of hydrogen-bond donors (Lipinski definition) is 2. The Labute approximate surface area is 120 Å². The zero-order valence-electron chi connectivity index (χ0n) is 11.1. The minimum atomic E-state index is -0.0456. The summed E-state index contributed by atoms with van der Waals surface area (Å²) in [5.41, 5.74) is 2.71. The van der Waals surface area contributed by atoms with Crippen LogP contribution >= 0.6 is 11.3 Å². The molecule has 0 aliphatic carbocycles. The number of aromatic nitrogens is 2. The van der Waals surface area contributed by atoms with Gasteiger partial charge in [-0.3, -0.25) is 4.79 Å². The molecule has 4 nitrogen and oxygen atoms in total. The monoisotopic (exact) mass is 285 g/mol. The third-order valence-electron chi connectivity index (χ3n) is 3.12. The van der Waals surface area contributed by atoms with Gasteiger partial charge in [-0.25, -0.2) is 4.98 Å². The van der Waals surface area contributed by atoms with Crippen molar-refractivity contribution in [2.45, 2.75) is 13.3 Å². The van der Waals surface area contributed by atoms with Gasteiger partial charge >= 0.3 is 0 Å². The van der Waals surface area contributed by atoms with Crippen LogP contribution in [0.25, 0.3) is 10.9 Å². The molecule has 0 atom stereocenters. The number of para-hydroxylation sites is 1. The second kappa shape index (κ2) is 5.46. The SMILES string of the molecule is Cc1csc(CCNC(=O)c2c[nH]c3ccccc23)n1. The molecule has 0 aliphatic heterocycles. The highest BCUT2D eigenvalue weighted by molar-refractivity contribution is 7.09. The summed E-state index contributed by atoms with van der Waals surface area (Å²) < 4.78 is 0. The number of hydrogen-bond acceptors (Lipinski definition) is 3. The van der Waals surface area contributed by atoms with E-state index >= 15 is 0 Å². The van der Waals surface area contributed by atoms with Gasteiger partial charge in [-0.15, -0.1) is 11.3 Å². The molecule has 5 heteroatoms. The maximum Gasteiger partial charge on any atom is 0.253 e. The standard InChI is InChI=1S/C15H15N3OS/c1-10-9-20-14(18-10)6-7-16-15(19)12-8-17-13-5-3-2-4-11(12)13/h2-5,8-9,17H,6-7H2,1H3,(H,16,19). The molecule has 1 amide bonds. The van der Waals surface area contributed by atoms with Crippen molar-refractivity contribution < 1.29 is 4.79 Å². The number of carbonyl (C=O) groups is 1. The van der Waals surface area contributed by atoms with Gasteiger partial charge in [-0.05, 0) is 13.0 Å². The number of amides is 1. The van der Waals surface area contributed by atoms with Gasteiger partial charge in [0.1, 0.15) is 0 Å². The van der Waals surface area contributed by atoms with Crippen LogP contribution < -0.4 is 5.32 Å². The van der Waals surface area contributed by atoms with E-state index in [0.29, 0.717) is 12.1 Å². The maximum atomic E-state index is 12.2. The van der Waals surface area contributed by atoms with E-state index < -0.39 is 0 Å². The number of aromatic amines is 1. The number of rotatable bonds is 4. The molecule has 0 bridgehead atoms. The van der Waals surface area contributed by atoms with Gasteiger partial charge in [0.25, 0.3) is 5.91 Å². The highest BCUT2D eigenvalue weighted by Gasteiger charge is 2.11. The highest BCUT2D eigenvalue weighted by atomic mass is 32.1. The van der Waals surface area contributed by atoms with Gasteiger partial charge < -0.3 is 10.3 Å². The summed E-state index contributed by atoms with van der Waals surface area (Å²) in [5.74, 6) is -0.0456. The molecule has 0 saturated carbocycles. The van der Waals surface area contributed by atoms with Crippen molar-refractivity contribution in [3.05, 3.63) is 52.1 Å². The summed E-state index contributed by atoms with van der Waals surface area (Å²) in [6, 6.07) is 7.80. The Morgan fingerprint density at radius 1 is 1.40 bits per heavy atom. The second-order valence-electron chi connectivity index (χ2n) is 4.64. The van der Waals surface area contributed by atoms with Crippen molar-refractivity contribution in [3.8, 4) is 0 Å². The molecule has 20 heavy (non-hydrogen) atoms. The molecule has 0 unspecified atom stereocenters. The average Bonchev–Trinajstić information content (AvgIpc) is 3.05. The molecular formula is C15H15N3OS. The number of thiazole rings is 1. The fraction of sp³-hybridized carbons (Fsp3) is 0.200. The van der Waals surface area contributed by atoms with Crippen molar-refractivity contribution in [1.29, 1.82) is 0 Å². The number of carbonyl (C=O) groups excluding carboxylic acids is 1. The van der Waals surface area contributed by atoms with Crippen molar-refractivity contribution in [2.24, 2.45) is 0 Å². The molecule has 0 radical (unpaired) electrons. The van der Waals surface area contributed by atoms with Gasteiger partial charge in [-0.1, -0.05) is 18.2 Å². The molecule has 0 spiro atoms. The van der Waals surface area contributed by atoms with E-state index in [0.717, 1.165) is 28.0 Å². The molecule has 2 N–H and O–H groups in total. The molecule has 2 heterocycles. The summed E-state index contributed by atoms with van der Waals surface area (Å²) in [6.07, 6.45) is 2.53. The van der Waals surface area contributed by atoms with E-state index in [4.69, 9.17) is 0 Å². The van der Waals surface area contributed by atoms with Crippen LogP contribution in [0.3, 0.4) is 0 Å². The topological polar surface area (TPSA) is 57.8 Å². The minimum absolute atomic E-state index is 0.0456. The number of aryl methyl sites for hydroxylation is 1. The van der Waals surface area contributed by atoms with Crippen LogP contribution in [0.2, 0.25) is 0 Å². The van der Waals surface area contributed by atoms with Gasteiger partial charge in [0, 0.05) is 41.1 Å². The van der Waals surface area contributed by atoms with E-state index in [2.05, 4.69) is 15.3 Å². The fourth-order valence-corrected chi connectivity index (χ4v) is 2.93. The van der Waals surface area contributed by atoms with Gasteiger partial charge in [0.05, 0.1) is 10.6 Å². The van der Waals surface area contributed by atoms with Gasteiger partial charge in [0.2, 0.25) is 0 Å². The Hall–Kier alpha value is -2.14. The van der Waals surface area contributed by atoms with Crippen LogP contribution in [0.4, 0.5) is 0 Å². The second-order valence-corrected chi connectivity index (χ2v) is 5.58. The number of H-pyrrole nitrogens is 1. The van der Waals surface area contributed by atoms with E-state index in [-0.39, 0.29) is 5.91 Å². The number of nitrogens with one attached hydrogen (secondary N) is 2. The maximum absolute atomic E-state index is 12.2. The first kappa shape index (κ1) is 12.9. The van der Waals surface area contributed by atoms with E-state index in [1.807, 2.05) is 36.6 Å². The Bertz CT molecular complexity index is 744. The third-order valence-corrected chi connectivity index (χ3v) is 4.15.